The fourth-order valence-electron chi connectivity index (χ4n) is 2.79. The summed E-state index contributed by atoms with van der Waals surface area (Å²) in [7, 11) is -4.50. The summed E-state index contributed by atoms with van der Waals surface area (Å²) in [6, 6.07) is 2.55. The van der Waals surface area contributed by atoms with Gasteiger partial charge in [-0.25, -0.2) is 4.98 Å². The van der Waals surface area contributed by atoms with Gasteiger partial charge in [0, 0.05) is 18.5 Å². The second-order valence-electron chi connectivity index (χ2n) is 5.64. The van der Waals surface area contributed by atoms with Crippen molar-refractivity contribution >= 4 is 30.0 Å². The van der Waals surface area contributed by atoms with E-state index in [1.54, 1.807) is 0 Å². The van der Waals surface area contributed by atoms with Crippen LogP contribution in [0.3, 0.4) is 0 Å². The van der Waals surface area contributed by atoms with Crippen molar-refractivity contribution in [2.45, 2.75) is 6.16 Å². The number of aromatic amines is 1. The summed E-state index contributed by atoms with van der Waals surface area (Å²) in [5, 5.41) is 18.8. The van der Waals surface area contributed by atoms with Crippen molar-refractivity contribution < 1.29 is 19.3 Å². The molecule has 4 aromatic rings. The van der Waals surface area contributed by atoms with Crippen LogP contribution in [0.2, 0.25) is 0 Å². The maximum atomic E-state index is 12.2. The minimum absolute atomic E-state index is 0.0924. The van der Waals surface area contributed by atoms with Crippen molar-refractivity contribution in [3.05, 3.63) is 57.1 Å². The molecule has 0 aliphatic heterocycles. The van der Waals surface area contributed by atoms with Gasteiger partial charge in [-0.3, -0.25) is 23.9 Å². The lowest BCUT2D eigenvalue weighted by molar-refractivity contribution is -0.384. The summed E-state index contributed by atoms with van der Waals surface area (Å²) in [6.45, 7) is 0. The van der Waals surface area contributed by atoms with Crippen LogP contribution >= 0.6 is 7.60 Å². The third-order valence-corrected chi connectivity index (χ3v) is 4.54. The molecule has 1 aromatic carbocycles. The molecule has 14 heteroatoms. The Morgan fingerprint density at radius 3 is 2.70 bits per heavy atom. The number of nitro groups is 1. The van der Waals surface area contributed by atoms with Crippen LogP contribution in [0, 0.1) is 10.1 Å². The molecule has 138 valence electrons. The molecule has 0 spiro atoms. The molecule has 0 aliphatic carbocycles. The summed E-state index contributed by atoms with van der Waals surface area (Å²) in [6.07, 6.45) is 3.55. The van der Waals surface area contributed by atoms with Crippen molar-refractivity contribution in [1.82, 2.24) is 29.1 Å². The minimum atomic E-state index is -4.50. The van der Waals surface area contributed by atoms with E-state index in [4.69, 9.17) is 0 Å². The summed E-state index contributed by atoms with van der Waals surface area (Å²) < 4.78 is 14.0. The van der Waals surface area contributed by atoms with Crippen molar-refractivity contribution in [2.75, 3.05) is 0 Å². The number of fused-ring (bicyclic) bond motifs is 3. The van der Waals surface area contributed by atoms with E-state index < -0.39 is 24.2 Å². The number of nitrogens with one attached hydrogen (secondary N) is 1. The summed E-state index contributed by atoms with van der Waals surface area (Å²) in [5.41, 5.74) is -0.690. The third-order valence-electron chi connectivity index (χ3n) is 3.84. The fourth-order valence-corrected chi connectivity index (χ4v) is 3.36. The molecule has 0 amide bonds. The van der Waals surface area contributed by atoms with Gasteiger partial charge in [0.1, 0.15) is 17.7 Å². The standard InChI is InChI=1S/C13H10N7O6P/c21-13-12-17-16-11(5-27(24,25)26)19(12)8-4-9(18-2-1-14-6-18)10(20(22)23)3-7(8)15-13/h1-4,6H,5H2,(H,15,21)(H2,24,25,26). The lowest BCUT2D eigenvalue weighted by atomic mass is 10.2. The minimum Gasteiger partial charge on any atom is -0.324 e. The van der Waals surface area contributed by atoms with Gasteiger partial charge in [-0.1, -0.05) is 0 Å². The highest BCUT2D eigenvalue weighted by Crippen LogP contribution is 2.39. The third kappa shape index (κ3) is 2.89. The van der Waals surface area contributed by atoms with E-state index in [2.05, 4.69) is 20.2 Å². The molecule has 3 N–H and O–H groups in total. The molecule has 0 bridgehead atoms. The number of hydrogen-bond acceptors (Lipinski definition) is 7. The second kappa shape index (κ2) is 5.81. The molecule has 0 saturated heterocycles. The molecule has 0 radical (unpaired) electrons. The average Bonchev–Trinajstić information content (AvgIpc) is 3.23. The van der Waals surface area contributed by atoms with Crippen LogP contribution in [0.15, 0.2) is 35.6 Å². The Morgan fingerprint density at radius 2 is 2.07 bits per heavy atom. The Balaban J connectivity index is 2.13. The lowest BCUT2D eigenvalue weighted by Crippen LogP contribution is -2.13. The number of nitro benzene ring substituents is 1. The Hall–Kier alpha value is -3.41. The van der Waals surface area contributed by atoms with E-state index in [0.29, 0.717) is 0 Å². The molecule has 0 saturated carbocycles. The summed E-state index contributed by atoms with van der Waals surface area (Å²) in [5.74, 6) is -0.139. The predicted molar refractivity (Wildman–Crippen MR) is 90.6 cm³/mol. The Bertz CT molecular complexity index is 1300. The topological polar surface area (TPSA) is 182 Å². The van der Waals surface area contributed by atoms with Crippen LogP contribution in [0.1, 0.15) is 5.82 Å². The van der Waals surface area contributed by atoms with Crippen molar-refractivity contribution in [1.29, 1.82) is 0 Å². The summed E-state index contributed by atoms with van der Waals surface area (Å²) in [4.78, 5) is 47.9. The Labute approximate surface area is 148 Å². The molecule has 0 unspecified atom stereocenters. The Kier molecular flexibility index (Phi) is 3.66. The maximum absolute atomic E-state index is 12.2. The first-order valence-corrected chi connectivity index (χ1v) is 9.16. The number of benzene rings is 1. The van der Waals surface area contributed by atoms with Gasteiger partial charge in [0.15, 0.2) is 0 Å². The van der Waals surface area contributed by atoms with Crippen LogP contribution in [-0.4, -0.2) is 43.8 Å². The zero-order valence-electron chi connectivity index (χ0n) is 13.3. The average molecular weight is 391 g/mol. The molecular formula is C13H10N7O6P. The lowest BCUT2D eigenvalue weighted by Gasteiger charge is -2.09. The first-order valence-electron chi connectivity index (χ1n) is 7.36. The van der Waals surface area contributed by atoms with Crippen molar-refractivity contribution in [3.8, 4) is 5.69 Å². The maximum Gasteiger partial charge on any atom is 0.333 e. The largest absolute Gasteiger partial charge is 0.333 e. The Morgan fingerprint density at radius 1 is 1.30 bits per heavy atom. The predicted octanol–water partition coefficient (Wildman–Crippen LogP) is 0.342. The normalized spacial score (nSPS) is 12.1. The first-order chi connectivity index (χ1) is 12.7. The first kappa shape index (κ1) is 17.0. The van der Waals surface area contributed by atoms with Gasteiger partial charge in [0.25, 0.3) is 11.2 Å². The summed E-state index contributed by atoms with van der Waals surface area (Å²) >= 11 is 0. The van der Waals surface area contributed by atoms with Gasteiger partial charge in [-0.15, -0.1) is 10.2 Å². The van der Waals surface area contributed by atoms with E-state index in [1.165, 1.54) is 33.8 Å². The quantitative estimate of drug-likeness (QED) is 0.251. The molecular weight excluding hydrogens is 381 g/mol. The van der Waals surface area contributed by atoms with E-state index in [1.807, 2.05) is 0 Å². The molecule has 0 atom stereocenters. The number of aromatic nitrogens is 6. The SMILES string of the molecule is O=c1[nH]c2cc([N+](=O)[O-])c(-n3ccnc3)cc2n2c(CP(=O)(O)O)nnc12. The highest BCUT2D eigenvalue weighted by molar-refractivity contribution is 7.50. The van der Waals surface area contributed by atoms with E-state index in [0.717, 1.165) is 6.07 Å². The monoisotopic (exact) mass is 391 g/mol. The van der Waals surface area contributed by atoms with Crippen molar-refractivity contribution in [2.24, 2.45) is 0 Å². The number of nitrogens with zero attached hydrogens (tertiary/aromatic N) is 6. The van der Waals surface area contributed by atoms with E-state index in [-0.39, 0.29) is 33.9 Å². The molecule has 0 aliphatic rings. The van der Waals surface area contributed by atoms with Crippen molar-refractivity contribution in [3.63, 3.8) is 0 Å². The highest BCUT2D eigenvalue weighted by atomic mass is 31.2. The van der Waals surface area contributed by atoms with Gasteiger partial charge in [0.05, 0.1) is 22.3 Å². The highest BCUT2D eigenvalue weighted by Gasteiger charge is 2.24. The fraction of sp³-hybridized carbons (Fsp3) is 0.0769. The van der Waals surface area contributed by atoms with Gasteiger partial charge in [-0.05, 0) is 6.07 Å². The van der Waals surface area contributed by atoms with E-state index in [9.17, 15) is 29.3 Å². The smallest absolute Gasteiger partial charge is 0.324 e. The molecule has 13 nitrogen and oxygen atoms in total. The molecule has 3 heterocycles. The molecule has 27 heavy (non-hydrogen) atoms. The zero-order chi connectivity index (χ0) is 19.3. The number of hydrogen-bond donors (Lipinski definition) is 3. The van der Waals surface area contributed by atoms with Crippen LogP contribution < -0.4 is 5.56 Å². The molecule has 4 rings (SSSR count). The second-order valence-corrected chi connectivity index (χ2v) is 7.28. The number of rotatable bonds is 4. The molecule has 0 fully saturated rings. The van der Waals surface area contributed by atoms with Crippen LogP contribution in [0.25, 0.3) is 22.4 Å². The van der Waals surface area contributed by atoms with Gasteiger partial charge < -0.3 is 19.3 Å². The van der Waals surface area contributed by atoms with Gasteiger partial charge >= 0.3 is 7.60 Å². The number of imidazole rings is 1. The van der Waals surface area contributed by atoms with Crippen LogP contribution in [0.4, 0.5) is 5.69 Å². The van der Waals surface area contributed by atoms with Gasteiger partial charge in [0.2, 0.25) is 5.65 Å². The van der Waals surface area contributed by atoms with Crippen LogP contribution in [0.5, 0.6) is 0 Å². The van der Waals surface area contributed by atoms with Gasteiger partial charge in [-0.2, -0.15) is 0 Å². The zero-order valence-corrected chi connectivity index (χ0v) is 14.1. The van der Waals surface area contributed by atoms with Crippen LogP contribution in [-0.2, 0) is 10.7 Å². The molecule has 3 aromatic heterocycles. The van der Waals surface area contributed by atoms with E-state index >= 15 is 0 Å². The number of H-pyrrole nitrogens is 1.